The number of halogens is 3. The van der Waals surface area contributed by atoms with Crippen LogP contribution in [0.1, 0.15) is 88.2 Å². The predicted octanol–water partition coefficient (Wildman–Crippen LogP) is 9.36. The van der Waals surface area contributed by atoms with Crippen LogP contribution in [-0.2, 0) is 6.42 Å². The SMILES string of the molecule is CC(CC1CCC(C2CCC(CCc3cc(F)c(Cl)c(F)c3)CC2)CC1)c1ccccc1. The Bertz CT molecular complexity index is 826. The lowest BCUT2D eigenvalue weighted by molar-refractivity contribution is 0.139. The van der Waals surface area contributed by atoms with Crippen LogP contribution in [0.5, 0.6) is 0 Å². The summed E-state index contributed by atoms with van der Waals surface area (Å²) in [5.41, 5.74) is 2.21. The highest BCUT2D eigenvalue weighted by Gasteiger charge is 2.31. The lowest BCUT2D eigenvalue weighted by Crippen LogP contribution is -2.26. The maximum absolute atomic E-state index is 13.7. The first-order valence-electron chi connectivity index (χ1n) is 12.7. The zero-order valence-corrected chi connectivity index (χ0v) is 20.1. The molecule has 0 aromatic heterocycles. The minimum Gasteiger partial charge on any atom is -0.205 e. The molecule has 0 radical (unpaired) electrons. The van der Waals surface area contributed by atoms with E-state index in [2.05, 4.69) is 37.3 Å². The first-order chi connectivity index (χ1) is 15.5. The smallest absolute Gasteiger partial charge is 0.145 e. The molecule has 4 rings (SSSR count). The highest BCUT2D eigenvalue weighted by Crippen LogP contribution is 2.44. The van der Waals surface area contributed by atoms with Gasteiger partial charge in [0, 0.05) is 0 Å². The van der Waals surface area contributed by atoms with Crippen LogP contribution in [0.15, 0.2) is 42.5 Å². The fourth-order valence-corrected chi connectivity index (χ4v) is 6.49. The van der Waals surface area contributed by atoms with Gasteiger partial charge in [0.1, 0.15) is 16.7 Å². The van der Waals surface area contributed by atoms with Gasteiger partial charge < -0.3 is 0 Å². The molecule has 0 bridgehead atoms. The third-order valence-corrected chi connectivity index (χ3v) is 8.75. The fourth-order valence-electron chi connectivity index (χ4n) is 6.38. The van der Waals surface area contributed by atoms with Gasteiger partial charge in [0.05, 0.1) is 0 Å². The molecule has 32 heavy (non-hydrogen) atoms. The molecule has 0 amide bonds. The maximum atomic E-state index is 13.7. The molecule has 0 N–H and O–H groups in total. The zero-order valence-electron chi connectivity index (χ0n) is 19.3. The summed E-state index contributed by atoms with van der Waals surface area (Å²) in [6.07, 6.45) is 13.9. The summed E-state index contributed by atoms with van der Waals surface area (Å²) < 4.78 is 27.3. The van der Waals surface area contributed by atoms with Gasteiger partial charge in [-0.2, -0.15) is 0 Å². The van der Waals surface area contributed by atoms with E-state index in [0.29, 0.717) is 11.8 Å². The quantitative estimate of drug-likeness (QED) is 0.362. The topological polar surface area (TPSA) is 0 Å². The largest absolute Gasteiger partial charge is 0.205 e. The van der Waals surface area contributed by atoms with Crippen molar-refractivity contribution in [3.05, 3.63) is 70.2 Å². The van der Waals surface area contributed by atoms with Crippen LogP contribution in [0.4, 0.5) is 8.78 Å². The molecule has 0 heterocycles. The summed E-state index contributed by atoms with van der Waals surface area (Å²) in [7, 11) is 0. The average molecular weight is 459 g/mol. The second kappa shape index (κ2) is 11.1. The van der Waals surface area contributed by atoms with Crippen molar-refractivity contribution in [2.24, 2.45) is 23.7 Å². The summed E-state index contributed by atoms with van der Waals surface area (Å²) in [6, 6.07) is 13.8. The molecule has 0 nitrogen and oxygen atoms in total. The molecule has 2 aliphatic rings. The number of hydrogen-bond donors (Lipinski definition) is 0. The summed E-state index contributed by atoms with van der Waals surface area (Å²) in [6.45, 7) is 2.38. The molecule has 174 valence electrons. The van der Waals surface area contributed by atoms with Gasteiger partial charge in [-0.15, -0.1) is 0 Å². The van der Waals surface area contributed by atoms with Crippen molar-refractivity contribution >= 4 is 11.6 Å². The monoisotopic (exact) mass is 458 g/mol. The van der Waals surface area contributed by atoms with Crippen molar-refractivity contribution < 1.29 is 8.78 Å². The lowest BCUT2D eigenvalue weighted by atomic mass is 9.67. The molecule has 2 fully saturated rings. The van der Waals surface area contributed by atoms with Crippen molar-refractivity contribution in [3.8, 4) is 0 Å². The molecule has 0 spiro atoms. The van der Waals surface area contributed by atoms with Gasteiger partial charge in [-0.1, -0.05) is 74.5 Å². The third kappa shape index (κ3) is 6.13. The molecule has 2 saturated carbocycles. The van der Waals surface area contributed by atoms with E-state index in [-0.39, 0.29) is 0 Å². The highest BCUT2D eigenvalue weighted by molar-refractivity contribution is 6.30. The van der Waals surface area contributed by atoms with E-state index in [4.69, 9.17) is 11.6 Å². The van der Waals surface area contributed by atoms with Crippen molar-refractivity contribution in [2.45, 2.75) is 83.5 Å². The van der Waals surface area contributed by atoms with Crippen LogP contribution in [0.3, 0.4) is 0 Å². The Labute approximate surface area is 197 Å². The third-order valence-electron chi connectivity index (χ3n) is 8.39. The van der Waals surface area contributed by atoms with E-state index in [1.54, 1.807) is 0 Å². The van der Waals surface area contributed by atoms with Crippen LogP contribution in [0, 0.1) is 35.3 Å². The summed E-state index contributed by atoms with van der Waals surface area (Å²) in [4.78, 5) is 0. The molecule has 0 saturated heterocycles. The van der Waals surface area contributed by atoms with Crippen LogP contribution >= 0.6 is 11.6 Å². The Morgan fingerprint density at radius 3 is 1.91 bits per heavy atom. The van der Waals surface area contributed by atoms with Crippen LogP contribution < -0.4 is 0 Å². The second-order valence-corrected chi connectivity index (χ2v) is 10.9. The van der Waals surface area contributed by atoms with Crippen LogP contribution in [0.25, 0.3) is 0 Å². The van der Waals surface area contributed by atoms with Gasteiger partial charge in [-0.05, 0) is 97.8 Å². The molecule has 1 atom stereocenters. The molecule has 1 unspecified atom stereocenters. The number of benzene rings is 2. The van der Waals surface area contributed by atoms with E-state index in [1.807, 2.05) is 0 Å². The minimum absolute atomic E-state index is 0.390. The zero-order chi connectivity index (χ0) is 22.5. The first-order valence-corrected chi connectivity index (χ1v) is 13.1. The van der Waals surface area contributed by atoms with Gasteiger partial charge in [0.25, 0.3) is 0 Å². The standard InChI is InChI=1S/C29H37ClF2/c1-20(24-5-3-2-4-6-24)17-22-11-15-26(16-12-22)25-13-9-21(10-14-25)7-8-23-18-27(31)29(30)28(32)19-23/h2-6,18-22,25-26H,7-17H2,1H3. The molecule has 2 aromatic carbocycles. The summed E-state index contributed by atoms with van der Waals surface area (Å²) >= 11 is 5.60. The number of rotatable bonds is 7. The molecule has 0 aliphatic heterocycles. The highest BCUT2D eigenvalue weighted by atomic mass is 35.5. The van der Waals surface area contributed by atoms with E-state index >= 15 is 0 Å². The van der Waals surface area contributed by atoms with Crippen LogP contribution in [-0.4, -0.2) is 0 Å². The fraction of sp³-hybridized carbons (Fsp3) is 0.586. The Morgan fingerprint density at radius 2 is 1.34 bits per heavy atom. The first kappa shape index (κ1) is 23.7. The van der Waals surface area contributed by atoms with Gasteiger partial charge in [0.2, 0.25) is 0 Å². The van der Waals surface area contributed by atoms with Gasteiger partial charge in [0.15, 0.2) is 0 Å². The maximum Gasteiger partial charge on any atom is 0.145 e. The average Bonchev–Trinajstić information content (AvgIpc) is 2.82. The Hall–Kier alpha value is -1.41. The predicted molar refractivity (Wildman–Crippen MR) is 130 cm³/mol. The van der Waals surface area contributed by atoms with Gasteiger partial charge in [-0.3, -0.25) is 0 Å². The molecule has 2 aromatic rings. The Balaban J connectivity index is 1.17. The minimum atomic E-state index is -0.640. The van der Waals surface area contributed by atoms with E-state index in [1.165, 1.54) is 75.5 Å². The Kier molecular flexibility index (Phi) is 8.27. The lowest BCUT2D eigenvalue weighted by Gasteiger charge is -2.38. The van der Waals surface area contributed by atoms with Crippen molar-refractivity contribution in [2.75, 3.05) is 0 Å². The summed E-state index contributed by atoms with van der Waals surface area (Å²) in [5, 5.41) is -0.390. The van der Waals surface area contributed by atoms with E-state index < -0.39 is 16.7 Å². The van der Waals surface area contributed by atoms with Gasteiger partial charge in [-0.25, -0.2) is 8.78 Å². The molecule has 3 heteroatoms. The molecular weight excluding hydrogens is 422 g/mol. The summed E-state index contributed by atoms with van der Waals surface area (Å²) in [5.74, 6) is 2.77. The van der Waals surface area contributed by atoms with E-state index in [0.717, 1.165) is 36.2 Å². The Morgan fingerprint density at radius 1 is 0.812 bits per heavy atom. The van der Waals surface area contributed by atoms with E-state index in [9.17, 15) is 8.78 Å². The van der Waals surface area contributed by atoms with Crippen LogP contribution in [0.2, 0.25) is 5.02 Å². The second-order valence-electron chi connectivity index (χ2n) is 10.5. The number of hydrogen-bond acceptors (Lipinski definition) is 0. The molecular formula is C29H37ClF2. The number of aryl methyl sites for hydroxylation is 1. The van der Waals surface area contributed by atoms with Gasteiger partial charge >= 0.3 is 0 Å². The van der Waals surface area contributed by atoms with Crippen molar-refractivity contribution in [3.63, 3.8) is 0 Å². The van der Waals surface area contributed by atoms with Crippen molar-refractivity contribution in [1.82, 2.24) is 0 Å². The molecule has 2 aliphatic carbocycles. The van der Waals surface area contributed by atoms with Crippen molar-refractivity contribution in [1.29, 1.82) is 0 Å². The normalized spacial score (nSPS) is 27.2.